The van der Waals surface area contributed by atoms with Crippen molar-refractivity contribution in [2.24, 2.45) is 0 Å². The molecule has 0 aliphatic carbocycles. The van der Waals surface area contributed by atoms with Gasteiger partial charge in [0, 0.05) is 6.08 Å². The minimum absolute atomic E-state index is 0.0186. The first-order chi connectivity index (χ1) is 5.86. The molecule has 13 heavy (non-hydrogen) atoms. The normalized spacial score (nSPS) is 10.7. The van der Waals surface area contributed by atoms with Crippen molar-refractivity contribution in [1.82, 2.24) is 0 Å². The summed E-state index contributed by atoms with van der Waals surface area (Å²) < 4.78 is 0. The predicted molar refractivity (Wildman–Crippen MR) is 43.2 cm³/mol. The Bertz CT molecular complexity index is 310. The highest BCUT2D eigenvalue weighted by molar-refractivity contribution is 6.24. The summed E-state index contributed by atoms with van der Waals surface area (Å²) in [5.74, 6) is -3.93. The fraction of sp³-hybridized carbons (Fsp3) is 0.125. The first-order valence-electron chi connectivity index (χ1n) is 3.24. The molecule has 0 bridgehead atoms. The smallest absolute Gasteiger partial charge is 0.339 e. The van der Waals surface area contributed by atoms with E-state index in [-0.39, 0.29) is 5.57 Å². The van der Waals surface area contributed by atoms with Gasteiger partial charge in [-0.3, -0.25) is 4.79 Å². The second-order valence-corrected chi connectivity index (χ2v) is 2.31. The number of ketones is 1. The van der Waals surface area contributed by atoms with Crippen LogP contribution in [-0.4, -0.2) is 27.9 Å². The SMILES string of the molecule is C=C(C)C(=O)/C(=C/C(=O)O)C(=O)O. The van der Waals surface area contributed by atoms with Gasteiger partial charge in [0.05, 0.1) is 0 Å². The zero-order valence-corrected chi connectivity index (χ0v) is 6.90. The molecule has 0 aliphatic rings. The number of carboxylic acid groups (broad SMARTS) is 2. The Morgan fingerprint density at radius 3 is 1.92 bits per heavy atom. The maximum atomic E-state index is 11.0. The number of hydrogen-bond donors (Lipinski definition) is 2. The third kappa shape index (κ3) is 3.33. The van der Waals surface area contributed by atoms with Gasteiger partial charge in [0.15, 0.2) is 5.78 Å². The summed E-state index contributed by atoms with van der Waals surface area (Å²) in [6.07, 6.45) is 0.347. The molecule has 0 amide bonds. The van der Waals surface area contributed by atoms with E-state index in [1.165, 1.54) is 6.92 Å². The van der Waals surface area contributed by atoms with E-state index >= 15 is 0 Å². The number of hydrogen-bond acceptors (Lipinski definition) is 3. The molecule has 0 aromatic rings. The van der Waals surface area contributed by atoms with Gasteiger partial charge in [-0.05, 0) is 12.5 Å². The highest BCUT2D eigenvalue weighted by Crippen LogP contribution is 2.03. The van der Waals surface area contributed by atoms with E-state index in [9.17, 15) is 14.4 Å². The van der Waals surface area contributed by atoms with E-state index in [0.29, 0.717) is 6.08 Å². The standard InChI is InChI=1S/C8H8O5/c1-4(2)7(11)5(8(12)13)3-6(9)10/h3H,1H2,2H3,(H,9,10)(H,12,13)/b5-3-. The monoisotopic (exact) mass is 184 g/mol. The summed E-state index contributed by atoms with van der Waals surface area (Å²) in [4.78, 5) is 31.5. The summed E-state index contributed by atoms with van der Waals surface area (Å²) in [5, 5.41) is 16.7. The number of Topliss-reactive ketones (excluding diaryl/α,β-unsaturated/α-hetero) is 1. The molecule has 0 saturated carbocycles. The number of aliphatic carboxylic acids is 2. The molecule has 0 heterocycles. The van der Waals surface area contributed by atoms with Gasteiger partial charge in [-0.1, -0.05) is 6.58 Å². The molecule has 0 saturated heterocycles. The molecular weight excluding hydrogens is 176 g/mol. The topological polar surface area (TPSA) is 91.7 Å². The van der Waals surface area contributed by atoms with Crippen LogP contribution >= 0.6 is 0 Å². The molecule has 70 valence electrons. The van der Waals surface area contributed by atoms with Gasteiger partial charge in [-0.2, -0.15) is 0 Å². The minimum Gasteiger partial charge on any atom is -0.478 e. The zero-order valence-electron chi connectivity index (χ0n) is 6.90. The highest BCUT2D eigenvalue weighted by Gasteiger charge is 2.18. The molecule has 0 aromatic carbocycles. The largest absolute Gasteiger partial charge is 0.478 e. The number of carbonyl (C=O) groups is 3. The first-order valence-corrected chi connectivity index (χ1v) is 3.24. The Hall–Kier alpha value is -1.91. The van der Waals surface area contributed by atoms with Gasteiger partial charge < -0.3 is 10.2 Å². The van der Waals surface area contributed by atoms with Gasteiger partial charge in [0.25, 0.3) is 0 Å². The van der Waals surface area contributed by atoms with Gasteiger partial charge in [0.1, 0.15) is 5.57 Å². The van der Waals surface area contributed by atoms with Gasteiger partial charge in [-0.25, -0.2) is 9.59 Å². The van der Waals surface area contributed by atoms with E-state index in [0.717, 1.165) is 0 Å². The lowest BCUT2D eigenvalue weighted by atomic mass is 10.1. The van der Waals surface area contributed by atoms with Crippen LogP contribution < -0.4 is 0 Å². The van der Waals surface area contributed by atoms with Crippen LogP contribution in [0.1, 0.15) is 6.92 Å². The minimum atomic E-state index is -1.57. The van der Waals surface area contributed by atoms with Crippen LogP contribution in [0, 0.1) is 0 Å². The molecule has 0 aromatic heterocycles. The van der Waals surface area contributed by atoms with Crippen LogP contribution in [0.2, 0.25) is 0 Å². The second-order valence-electron chi connectivity index (χ2n) is 2.31. The Morgan fingerprint density at radius 1 is 1.23 bits per heavy atom. The van der Waals surface area contributed by atoms with E-state index in [4.69, 9.17) is 10.2 Å². The molecular formula is C8H8O5. The van der Waals surface area contributed by atoms with Crippen LogP contribution in [0.3, 0.4) is 0 Å². The summed E-state index contributed by atoms with van der Waals surface area (Å²) in [6.45, 7) is 4.53. The molecule has 0 aliphatic heterocycles. The van der Waals surface area contributed by atoms with Gasteiger partial charge >= 0.3 is 11.9 Å². The van der Waals surface area contributed by atoms with Crippen LogP contribution in [0.15, 0.2) is 23.8 Å². The fourth-order valence-electron chi connectivity index (χ4n) is 0.578. The molecule has 0 atom stereocenters. The highest BCUT2D eigenvalue weighted by atomic mass is 16.4. The summed E-state index contributed by atoms with van der Waals surface area (Å²) in [6, 6.07) is 0. The second kappa shape index (κ2) is 4.20. The van der Waals surface area contributed by atoms with E-state index in [2.05, 4.69) is 6.58 Å². The fourth-order valence-corrected chi connectivity index (χ4v) is 0.578. The Balaban J connectivity index is 5.05. The van der Waals surface area contributed by atoms with Gasteiger partial charge in [0.2, 0.25) is 0 Å². The maximum absolute atomic E-state index is 11.0. The summed E-state index contributed by atoms with van der Waals surface area (Å²) in [5.41, 5.74) is -0.810. The third-order valence-electron chi connectivity index (χ3n) is 1.13. The number of allylic oxidation sites excluding steroid dienone is 1. The molecule has 0 radical (unpaired) electrons. The van der Waals surface area contributed by atoms with Crippen LogP contribution in [0.5, 0.6) is 0 Å². The Labute approximate surface area is 74.0 Å². The van der Waals surface area contributed by atoms with Crippen molar-refractivity contribution >= 4 is 17.7 Å². The van der Waals surface area contributed by atoms with Crippen molar-refractivity contribution in [2.75, 3.05) is 0 Å². The summed E-state index contributed by atoms with van der Waals surface area (Å²) >= 11 is 0. The number of carbonyl (C=O) groups excluding carboxylic acids is 1. The van der Waals surface area contributed by atoms with Crippen molar-refractivity contribution in [3.63, 3.8) is 0 Å². The van der Waals surface area contributed by atoms with Crippen molar-refractivity contribution in [1.29, 1.82) is 0 Å². The molecule has 0 rings (SSSR count). The number of rotatable bonds is 4. The molecule has 0 unspecified atom stereocenters. The van der Waals surface area contributed by atoms with Crippen molar-refractivity contribution < 1.29 is 24.6 Å². The number of carboxylic acids is 2. The Morgan fingerprint density at radius 2 is 1.69 bits per heavy atom. The molecule has 5 heteroatoms. The zero-order chi connectivity index (χ0) is 10.6. The quantitative estimate of drug-likeness (QED) is 0.370. The van der Waals surface area contributed by atoms with Crippen molar-refractivity contribution in [2.45, 2.75) is 6.92 Å². The maximum Gasteiger partial charge on any atom is 0.339 e. The summed E-state index contributed by atoms with van der Waals surface area (Å²) in [7, 11) is 0. The average Bonchev–Trinajstić information content (AvgIpc) is 1.97. The lowest BCUT2D eigenvalue weighted by Gasteiger charge is -1.98. The van der Waals surface area contributed by atoms with Crippen LogP contribution in [-0.2, 0) is 14.4 Å². The average molecular weight is 184 g/mol. The van der Waals surface area contributed by atoms with Crippen molar-refractivity contribution in [3.8, 4) is 0 Å². The van der Waals surface area contributed by atoms with E-state index in [1.807, 2.05) is 0 Å². The van der Waals surface area contributed by atoms with Gasteiger partial charge in [-0.15, -0.1) is 0 Å². The van der Waals surface area contributed by atoms with Crippen molar-refractivity contribution in [3.05, 3.63) is 23.8 Å². The van der Waals surface area contributed by atoms with E-state index in [1.54, 1.807) is 0 Å². The lowest BCUT2D eigenvalue weighted by molar-refractivity contribution is -0.136. The molecule has 0 fully saturated rings. The van der Waals surface area contributed by atoms with Crippen LogP contribution in [0.4, 0.5) is 0 Å². The Kier molecular flexibility index (Phi) is 3.58. The molecule has 0 spiro atoms. The molecule has 2 N–H and O–H groups in total. The third-order valence-corrected chi connectivity index (χ3v) is 1.13. The predicted octanol–water partition coefficient (Wildman–Crippen LogP) is 0.227. The lowest BCUT2D eigenvalue weighted by Crippen LogP contribution is -2.14. The van der Waals surface area contributed by atoms with E-state index < -0.39 is 23.3 Å². The van der Waals surface area contributed by atoms with Crippen LogP contribution in [0.25, 0.3) is 0 Å². The first kappa shape index (κ1) is 11.1. The molecule has 5 nitrogen and oxygen atoms in total.